The molecule has 0 aromatic rings. The minimum atomic E-state index is 0.670. The van der Waals surface area contributed by atoms with Gasteiger partial charge in [-0.1, -0.05) is 26.8 Å². The standard InChI is InChI=1S/C9H14O2.C2H6/c1-3-5-9-8(4-2)10-6-7-11-9;1-2/h3,5H,4,6-7H2,1-2H3;1-2H3/b5-3-;. The average Bonchev–Trinajstić information content (AvgIpc) is 2.22. The summed E-state index contributed by atoms with van der Waals surface area (Å²) in [5.74, 6) is 1.86. The molecule has 0 spiro atoms. The number of allylic oxidation sites excluding steroid dienone is 3. The lowest BCUT2D eigenvalue weighted by Gasteiger charge is -2.19. The first-order chi connectivity index (χ1) is 6.38. The van der Waals surface area contributed by atoms with Crippen molar-refractivity contribution in [2.45, 2.75) is 34.1 Å². The van der Waals surface area contributed by atoms with E-state index in [-0.39, 0.29) is 0 Å². The van der Waals surface area contributed by atoms with Crippen molar-refractivity contribution in [1.29, 1.82) is 0 Å². The van der Waals surface area contributed by atoms with Crippen LogP contribution in [-0.2, 0) is 9.47 Å². The molecule has 0 radical (unpaired) electrons. The Kier molecular flexibility index (Phi) is 7.17. The fourth-order valence-electron chi connectivity index (χ4n) is 1.04. The number of hydrogen-bond acceptors (Lipinski definition) is 2. The maximum Gasteiger partial charge on any atom is 0.156 e. The fraction of sp³-hybridized carbons (Fsp3) is 0.636. The minimum absolute atomic E-state index is 0.670. The van der Waals surface area contributed by atoms with Crippen molar-refractivity contribution in [3.05, 3.63) is 23.7 Å². The van der Waals surface area contributed by atoms with E-state index in [2.05, 4.69) is 6.92 Å². The Hall–Kier alpha value is -0.920. The minimum Gasteiger partial charge on any atom is -0.491 e. The van der Waals surface area contributed by atoms with Crippen molar-refractivity contribution in [2.75, 3.05) is 13.2 Å². The number of ether oxygens (including phenoxy) is 2. The molecule has 0 N–H and O–H groups in total. The Balaban J connectivity index is 0.000000671. The topological polar surface area (TPSA) is 18.5 Å². The molecule has 0 unspecified atom stereocenters. The zero-order chi connectivity index (χ0) is 10.1. The molecule has 76 valence electrons. The second-order valence-electron chi connectivity index (χ2n) is 2.34. The monoisotopic (exact) mass is 184 g/mol. The van der Waals surface area contributed by atoms with Crippen molar-refractivity contribution in [1.82, 2.24) is 0 Å². The molecule has 0 aromatic carbocycles. The molecule has 0 fully saturated rings. The highest BCUT2D eigenvalue weighted by molar-refractivity contribution is 5.16. The van der Waals surface area contributed by atoms with E-state index in [9.17, 15) is 0 Å². The van der Waals surface area contributed by atoms with E-state index in [1.807, 2.05) is 32.9 Å². The van der Waals surface area contributed by atoms with Gasteiger partial charge in [0.05, 0.1) is 0 Å². The van der Waals surface area contributed by atoms with Crippen molar-refractivity contribution in [3.8, 4) is 0 Å². The van der Waals surface area contributed by atoms with Crippen LogP contribution in [0.5, 0.6) is 0 Å². The molecule has 2 nitrogen and oxygen atoms in total. The quantitative estimate of drug-likeness (QED) is 0.655. The van der Waals surface area contributed by atoms with Crippen LogP contribution in [0.2, 0.25) is 0 Å². The van der Waals surface area contributed by atoms with Crippen LogP contribution in [0.4, 0.5) is 0 Å². The van der Waals surface area contributed by atoms with E-state index in [1.54, 1.807) is 0 Å². The lowest BCUT2D eigenvalue weighted by atomic mass is 10.3. The van der Waals surface area contributed by atoms with Crippen LogP contribution in [0.1, 0.15) is 34.1 Å². The zero-order valence-corrected chi connectivity index (χ0v) is 9.09. The molecule has 0 saturated heterocycles. The SMILES string of the molecule is C/C=C\C1=C(CC)OCCO1.CC. The molecule has 0 amide bonds. The molecule has 0 atom stereocenters. The van der Waals surface area contributed by atoms with E-state index in [0.29, 0.717) is 13.2 Å². The Labute approximate surface area is 81.2 Å². The van der Waals surface area contributed by atoms with Gasteiger partial charge in [0.15, 0.2) is 5.76 Å². The van der Waals surface area contributed by atoms with Crippen molar-refractivity contribution in [3.63, 3.8) is 0 Å². The van der Waals surface area contributed by atoms with E-state index in [0.717, 1.165) is 17.9 Å². The third kappa shape index (κ3) is 4.02. The molecule has 0 aliphatic carbocycles. The van der Waals surface area contributed by atoms with Crippen LogP contribution in [0, 0.1) is 0 Å². The van der Waals surface area contributed by atoms with Crippen molar-refractivity contribution >= 4 is 0 Å². The third-order valence-electron chi connectivity index (χ3n) is 1.53. The van der Waals surface area contributed by atoms with Crippen LogP contribution in [-0.4, -0.2) is 13.2 Å². The van der Waals surface area contributed by atoms with E-state index in [1.165, 1.54) is 0 Å². The van der Waals surface area contributed by atoms with Crippen LogP contribution in [0.15, 0.2) is 23.7 Å². The molecular formula is C11H20O2. The summed E-state index contributed by atoms with van der Waals surface area (Å²) in [5.41, 5.74) is 0. The molecule has 13 heavy (non-hydrogen) atoms. The Bertz CT molecular complexity index is 181. The Morgan fingerprint density at radius 2 is 1.85 bits per heavy atom. The summed E-state index contributed by atoms with van der Waals surface area (Å²) in [4.78, 5) is 0. The van der Waals surface area contributed by atoms with Crippen molar-refractivity contribution in [2.24, 2.45) is 0 Å². The molecular weight excluding hydrogens is 164 g/mol. The van der Waals surface area contributed by atoms with Gasteiger partial charge < -0.3 is 9.47 Å². The van der Waals surface area contributed by atoms with Gasteiger partial charge in [0.25, 0.3) is 0 Å². The smallest absolute Gasteiger partial charge is 0.156 e. The van der Waals surface area contributed by atoms with Gasteiger partial charge in [0.2, 0.25) is 0 Å². The first-order valence-electron chi connectivity index (χ1n) is 5.00. The van der Waals surface area contributed by atoms with Crippen LogP contribution < -0.4 is 0 Å². The van der Waals surface area contributed by atoms with Gasteiger partial charge in [0.1, 0.15) is 19.0 Å². The fourth-order valence-corrected chi connectivity index (χ4v) is 1.04. The highest BCUT2D eigenvalue weighted by Crippen LogP contribution is 2.17. The first kappa shape index (κ1) is 12.1. The van der Waals surface area contributed by atoms with E-state index in [4.69, 9.17) is 9.47 Å². The molecule has 1 aliphatic rings. The van der Waals surface area contributed by atoms with Gasteiger partial charge >= 0.3 is 0 Å². The first-order valence-corrected chi connectivity index (χ1v) is 5.00. The van der Waals surface area contributed by atoms with Gasteiger partial charge in [0, 0.05) is 6.42 Å². The largest absolute Gasteiger partial charge is 0.491 e. The summed E-state index contributed by atoms with van der Waals surface area (Å²) < 4.78 is 10.8. The lowest BCUT2D eigenvalue weighted by Crippen LogP contribution is -2.12. The molecule has 2 heteroatoms. The predicted octanol–water partition coefficient (Wildman–Crippen LogP) is 3.26. The summed E-state index contributed by atoms with van der Waals surface area (Å²) >= 11 is 0. The maximum absolute atomic E-state index is 5.40. The second kappa shape index (κ2) is 7.71. The van der Waals surface area contributed by atoms with Crippen LogP contribution in [0.25, 0.3) is 0 Å². The third-order valence-corrected chi connectivity index (χ3v) is 1.53. The summed E-state index contributed by atoms with van der Waals surface area (Å²) in [6.45, 7) is 9.39. The summed E-state index contributed by atoms with van der Waals surface area (Å²) in [6, 6.07) is 0. The molecule has 0 saturated carbocycles. The summed E-state index contributed by atoms with van der Waals surface area (Å²) in [7, 11) is 0. The zero-order valence-electron chi connectivity index (χ0n) is 9.09. The van der Waals surface area contributed by atoms with Crippen LogP contribution in [0.3, 0.4) is 0 Å². The summed E-state index contributed by atoms with van der Waals surface area (Å²) in [5, 5.41) is 0. The highest BCUT2D eigenvalue weighted by Gasteiger charge is 2.09. The Morgan fingerprint density at radius 1 is 1.23 bits per heavy atom. The maximum atomic E-state index is 5.40. The van der Waals surface area contributed by atoms with Gasteiger partial charge in [-0.25, -0.2) is 0 Å². The van der Waals surface area contributed by atoms with E-state index < -0.39 is 0 Å². The van der Waals surface area contributed by atoms with Gasteiger partial charge in [-0.15, -0.1) is 0 Å². The van der Waals surface area contributed by atoms with Gasteiger partial charge in [-0.3, -0.25) is 0 Å². The lowest BCUT2D eigenvalue weighted by molar-refractivity contribution is 0.0657. The molecule has 0 aromatic heterocycles. The predicted molar refractivity (Wildman–Crippen MR) is 55.4 cm³/mol. The molecule has 1 aliphatic heterocycles. The summed E-state index contributed by atoms with van der Waals surface area (Å²) in [6.07, 6.45) is 4.80. The van der Waals surface area contributed by atoms with E-state index >= 15 is 0 Å². The second-order valence-corrected chi connectivity index (χ2v) is 2.34. The highest BCUT2D eigenvalue weighted by atomic mass is 16.6. The van der Waals surface area contributed by atoms with Gasteiger partial charge in [-0.05, 0) is 13.0 Å². The molecule has 1 heterocycles. The molecule has 1 rings (SSSR count). The average molecular weight is 184 g/mol. The Morgan fingerprint density at radius 3 is 2.38 bits per heavy atom. The molecule has 0 bridgehead atoms. The number of hydrogen-bond donors (Lipinski definition) is 0. The van der Waals surface area contributed by atoms with Gasteiger partial charge in [-0.2, -0.15) is 0 Å². The normalized spacial score (nSPS) is 16.0. The number of rotatable bonds is 2. The van der Waals surface area contributed by atoms with Crippen molar-refractivity contribution < 1.29 is 9.47 Å². The van der Waals surface area contributed by atoms with Crippen LogP contribution >= 0.6 is 0 Å².